The number of rotatable bonds is 3. The van der Waals surface area contributed by atoms with Crippen LogP contribution < -0.4 is 5.73 Å². The Morgan fingerprint density at radius 2 is 1.90 bits per heavy atom. The van der Waals surface area contributed by atoms with Crippen molar-refractivity contribution in [2.75, 3.05) is 5.73 Å². The highest BCUT2D eigenvalue weighted by atomic mass is 79.9. The summed E-state index contributed by atoms with van der Waals surface area (Å²) in [7, 11) is 0. The lowest BCUT2D eigenvalue weighted by Crippen LogP contribution is -1.91. The molecule has 3 rings (SSSR count). The van der Waals surface area contributed by atoms with Crippen LogP contribution in [0.1, 0.15) is 17.0 Å². The number of aromatic nitrogens is 2. The molecular weight excluding hydrogens is 330 g/mol. The second-order valence-electron chi connectivity index (χ2n) is 4.92. The van der Waals surface area contributed by atoms with Crippen LogP contribution in [0, 0.1) is 6.92 Å². The number of aryl methyl sites for hydroxylation is 1. The summed E-state index contributed by atoms with van der Waals surface area (Å²) in [5.74, 6) is 1.12. The summed E-state index contributed by atoms with van der Waals surface area (Å²) in [6.07, 6.45) is 0.643. The van der Waals surface area contributed by atoms with Gasteiger partial charge in [0.25, 0.3) is 5.89 Å². The molecule has 1 heterocycles. The van der Waals surface area contributed by atoms with Crippen molar-refractivity contribution < 1.29 is 4.52 Å². The number of nitrogen functional groups attached to an aromatic ring is 1. The van der Waals surface area contributed by atoms with E-state index in [0.717, 1.165) is 15.6 Å². The molecule has 2 N–H and O–H groups in total. The zero-order valence-electron chi connectivity index (χ0n) is 11.5. The molecule has 0 amide bonds. The molecule has 0 aliphatic rings. The maximum atomic E-state index is 5.80. The first-order chi connectivity index (χ1) is 10.1. The van der Waals surface area contributed by atoms with Gasteiger partial charge in [-0.1, -0.05) is 35.0 Å². The predicted molar refractivity (Wildman–Crippen MR) is 85.8 cm³/mol. The second kappa shape index (κ2) is 5.69. The van der Waals surface area contributed by atoms with Crippen molar-refractivity contribution in [1.29, 1.82) is 0 Å². The quantitative estimate of drug-likeness (QED) is 0.730. The van der Waals surface area contributed by atoms with Crippen LogP contribution in [0.4, 0.5) is 5.69 Å². The summed E-state index contributed by atoms with van der Waals surface area (Å²) in [5, 5.41) is 4.03. The van der Waals surface area contributed by atoms with E-state index in [1.54, 1.807) is 0 Å². The molecule has 0 aliphatic carbocycles. The van der Waals surface area contributed by atoms with Crippen molar-refractivity contribution in [3.63, 3.8) is 0 Å². The van der Waals surface area contributed by atoms with Gasteiger partial charge in [-0.15, -0.1) is 0 Å². The van der Waals surface area contributed by atoms with Crippen LogP contribution in [0.25, 0.3) is 11.5 Å². The SMILES string of the molecule is Cc1ccc(Cc2noc(-c3cc(N)ccc3Br)n2)cc1. The molecule has 0 atom stereocenters. The highest BCUT2D eigenvalue weighted by Crippen LogP contribution is 2.29. The summed E-state index contributed by atoms with van der Waals surface area (Å²) in [5.41, 5.74) is 9.65. The third-order valence-corrected chi connectivity index (χ3v) is 3.86. The highest BCUT2D eigenvalue weighted by Gasteiger charge is 2.12. The minimum Gasteiger partial charge on any atom is -0.399 e. The van der Waals surface area contributed by atoms with Gasteiger partial charge in [-0.05, 0) is 46.6 Å². The Labute approximate surface area is 131 Å². The molecule has 0 unspecified atom stereocenters. The number of hydrogen-bond acceptors (Lipinski definition) is 4. The van der Waals surface area contributed by atoms with Gasteiger partial charge in [0.15, 0.2) is 5.82 Å². The Balaban J connectivity index is 1.86. The minimum absolute atomic E-state index is 0.469. The summed E-state index contributed by atoms with van der Waals surface area (Å²) in [6, 6.07) is 13.8. The Hall–Kier alpha value is -2.14. The molecule has 0 bridgehead atoms. The zero-order valence-corrected chi connectivity index (χ0v) is 13.1. The van der Waals surface area contributed by atoms with Crippen molar-refractivity contribution in [1.82, 2.24) is 10.1 Å². The summed E-state index contributed by atoms with van der Waals surface area (Å²) < 4.78 is 6.21. The first-order valence-electron chi connectivity index (χ1n) is 6.55. The minimum atomic E-state index is 0.469. The Bertz CT molecular complexity index is 765. The first kappa shape index (κ1) is 13.8. The monoisotopic (exact) mass is 343 g/mol. The first-order valence-corrected chi connectivity index (χ1v) is 7.34. The second-order valence-corrected chi connectivity index (χ2v) is 5.77. The third-order valence-electron chi connectivity index (χ3n) is 3.17. The van der Waals surface area contributed by atoms with E-state index in [0.29, 0.717) is 23.8 Å². The van der Waals surface area contributed by atoms with Gasteiger partial charge in [0.2, 0.25) is 0 Å². The van der Waals surface area contributed by atoms with Crippen LogP contribution in [0.15, 0.2) is 51.5 Å². The van der Waals surface area contributed by atoms with E-state index in [1.165, 1.54) is 5.56 Å². The summed E-state index contributed by atoms with van der Waals surface area (Å²) >= 11 is 3.47. The molecule has 21 heavy (non-hydrogen) atoms. The highest BCUT2D eigenvalue weighted by molar-refractivity contribution is 9.10. The average molecular weight is 344 g/mol. The fraction of sp³-hybridized carbons (Fsp3) is 0.125. The zero-order chi connectivity index (χ0) is 14.8. The van der Waals surface area contributed by atoms with Crippen LogP contribution in [0.3, 0.4) is 0 Å². The average Bonchev–Trinajstić information content (AvgIpc) is 2.92. The van der Waals surface area contributed by atoms with Crippen LogP contribution in [0.2, 0.25) is 0 Å². The topological polar surface area (TPSA) is 64.9 Å². The molecule has 0 saturated carbocycles. The number of anilines is 1. The summed E-state index contributed by atoms with van der Waals surface area (Å²) in [4.78, 5) is 4.44. The van der Waals surface area contributed by atoms with E-state index in [2.05, 4.69) is 57.3 Å². The van der Waals surface area contributed by atoms with Crippen molar-refractivity contribution >= 4 is 21.6 Å². The Morgan fingerprint density at radius 3 is 2.67 bits per heavy atom. The van der Waals surface area contributed by atoms with Crippen LogP contribution in [0.5, 0.6) is 0 Å². The van der Waals surface area contributed by atoms with Gasteiger partial charge in [-0.3, -0.25) is 0 Å². The number of nitrogens with zero attached hydrogens (tertiary/aromatic N) is 2. The van der Waals surface area contributed by atoms with Crippen LogP contribution in [-0.2, 0) is 6.42 Å². The molecule has 106 valence electrons. The van der Waals surface area contributed by atoms with Gasteiger partial charge in [0.1, 0.15) is 0 Å². The van der Waals surface area contributed by atoms with Gasteiger partial charge in [0.05, 0.1) is 5.56 Å². The fourth-order valence-electron chi connectivity index (χ4n) is 2.03. The molecule has 0 fully saturated rings. The predicted octanol–water partition coefficient (Wildman–Crippen LogP) is 3.98. The van der Waals surface area contributed by atoms with Gasteiger partial charge >= 0.3 is 0 Å². The standard InChI is InChI=1S/C16H14BrN3O/c1-10-2-4-11(5-3-10)8-15-19-16(21-20-15)13-9-12(18)6-7-14(13)17/h2-7,9H,8,18H2,1H3. The number of benzene rings is 2. The van der Waals surface area contributed by atoms with E-state index >= 15 is 0 Å². The van der Waals surface area contributed by atoms with E-state index in [-0.39, 0.29) is 0 Å². The third kappa shape index (κ3) is 3.13. The van der Waals surface area contributed by atoms with Crippen LogP contribution in [-0.4, -0.2) is 10.1 Å². The molecule has 0 aliphatic heterocycles. The van der Waals surface area contributed by atoms with E-state index in [4.69, 9.17) is 10.3 Å². The molecule has 0 spiro atoms. The van der Waals surface area contributed by atoms with E-state index < -0.39 is 0 Å². The lowest BCUT2D eigenvalue weighted by atomic mass is 10.1. The van der Waals surface area contributed by atoms with Crippen molar-refractivity contribution in [2.45, 2.75) is 13.3 Å². The van der Waals surface area contributed by atoms with Crippen molar-refractivity contribution in [3.8, 4) is 11.5 Å². The molecular formula is C16H14BrN3O. The van der Waals surface area contributed by atoms with Crippen molar-refractivity contribution in [2.24, 2.45) is 0 Å². The van der Waals surface area contributed by atoms with Gasteiger partial charge in [0, 0.05) is 16.6 Å². The smallest absolute Gasteiger partial charge is 0.259 e. The lowest BCUT2D eigenvalue weighted by molar-refractivity contribution is 0.423. The molecule has 0 radical (unpaired) electrons. The molecule has 0 saturated heterocycles. The number of halogens is 1. The molecule has 2 aromatic carbocycles. The largest absolute Gasteiger partial charge is 0.399 e. The fourth-order valence-corrected chi connectivity index (χ4v) is 2.45. The van der Waals surface area contributed by atoms with Crippen molar-refractivity contribution in [3.05, 3.63) is 63.9 Å². The Kier molecular flexibility index (Phi) is 3.75. The summed E-state index contributed by atoms with van der Waals surface area (Å²) in [6.45, 7) is 2.06. The normalized spacial score (nSPS) is 10.8. The van der Waals surface area contributed by atoms with Crippen LogP contribution >= 0.6 is 15.9 Å². The maximum absolute atomic E-state index is 5.80. The maximum Gasteiger partial charge on any atom is 0.259 e. The Morgan fingerprint density at radius 1 is 1.14 bits per heavy atom. The van der Waals surface area contributed by atoms with Gasteiger partial charge in [-0.2, -0.15) is 4.98 Å². The molecule has 5 heteroatoms. The molecule has 3 aromatic rings. The number of nitrogens with two attached hydrogens (primary N) is 1. The van der Waals surface area contributed by atoms with Gasteiger partial charge < -0.3 is 10.3 Å². The molecule has 4 nitrogen and oxygen atoms in total. The van der Waals surface area contributed by atoms with E-state index in [9.17, 15) is 0 Å². The van der Waals surface area contributed by atoms with Gasteiger partial charge in [-0.25, -0.2) is 0 Å². The number of hydrogen-bond donors (Lipinski definition) is 1. The van der Waals surface area contributed by atoms with E-state index in [1.807, 2.05) is 18.2 Å². The lowest BCUT2D eigenvalue weighted by Gasteiger charge is -2.00. The molecule has 1 aromatic heterocycles.